The number of aldehydes is 1. The molecule has 0 bridgehead atoms. The maximum atomic E-state index is 13.4. The SMILES string of the molecule is CNC(=O)C(CCC=O)Nc1ccc(C2CCN(C(=O)CN3CCC(C)(c4cn5cc(C(=O)Nc6cccc(C(F)(F)F)n6)c(OC(C)C)cc5n4)CC3)CC2)cc1. The first kappa shape index (κ1) is 42.1. The van der Waals surface area contributed by atoms with Gasteiger partial charge in [-0.25, -0.2) is 9.97 Å². The Kier molecular flexibility index (Phi) is 13.0. The number of imidazole rings is 1. The summed E-state index contributed by atoms with van der Waals surface area (Å²) in [5.41, 5.74) is 2.12. The van der Waals surface area contributed by atoms with Crippen molar-refractivity contribution in [2.45, 2.75) is 89.0 Å². The van der Waals surface area contributed by atoms with Gasteiger partial charge in [-0.15, -0.1) is 0 Å². The van der Waals surface area contributed by atoms with Crippen LogP contribution in [-0.4, -0.2) is 100 Å². The van der Waals surface area contributed by atoms with Crippen molar-refractivity contribution < 1.29 is 37.1 Å². The molecule has 2 aliphatic heterocycles. The molecule has 16 heteroatoms. The molecule has 0 radical (unpaired) electrons. The number of fused-ring (bicyclic) bond motifs is 1. The van der Waals surface area contributed by atoms with E-state index >= 15 is 0 Å². The molecule has 3 aromatic heterocycles. The van der Waals surface area contributed by atoms with Crippen LogP contribution in [0.5, 0.6) is 5.75 Å². The number of anilines is 2. The minimum Gasteiger partial charge on any atom is -0.490 e. The molecule has 3 N–H and O–H groups in total. The Morgan fingerprint density at radius 2 is 1.71 bits per heavy atom. The zero-order valence-corrected chi connectivity index (χ0v) is 33.3. The molecule has 2 saturated heterocycles. The number of piperidine rings is 2. The Morgan fingerprint density at radius 1 is 1.00 bits per heavy atom. The van der Waals surface area contributed by atoms with Crippen molar-refractivity contribution in [1.29, 1.82) is 0 Å². The maximum Gasteiger partial charge on any atom is 0.433 e. The number of hydrogen-bond acceptors (Lipinski definition) is 9. The zero-order chi connectivity index (χ0) is 41.6. The number of amides is 3. The Morgan fingerprint density at radius 3 is 2.34 bits per heavy atom. The number of hydrogen-bond donors (Lipinski definition) is 3. The first-order valence-electron chi connectivity index (χ1n) is 19.7. The van der Waals surface area contributed by atoms with Gasteiger partial charge in [0.05, 0.1) is 23.9 Å². The van der Waals surface area contributed by atoms with Crippen LogP contribution in [-0.2, 0) is 26.0 Å². The van der Waals surface area contributed by atoms with Gasteiger partial charge in [-0.3, -0.25) is 19.3 Å². The summed E-state index contributed by atoms with van der Waals surface area (Å²) in [4.78, 5) is 62.5. The van der Waals surface area contributed by atoms with Crippen molar-refractivity contribution >= 4 is 41.2 Å². The van der Waals surface area contributed by atoms with E-state index in [4.69, 9.17) is 9.72 Å². The largest absolute Gasteiger partial charge is 0.490 e. The van der Waals surface area contributed by atoms with E-state index in [1.807, 2.05) is 37.1 Å². The first-order valence-corrected chi connectivity index (χ1v) is 19.7. The minimum atomic E-state index is -4.66. The summed E-state index contributed by atoms with van der Waals surface area (Å²) in [6.07, 6.45) is 3.27. The van der Waals surface area contributed by atoms with E-state index < -0.39 is 23.8 Å². The van der Waals surface area contributed by atoms with E-state index in [0.717, 1.165) is 49.4 Å². The van der Waals surface area contributed by atoms with Gasteiger partial charge in [0.1, 0.15) is 35.2 Å². The number of aromatic nitrogens is 3. The van der Waals surface area contributed by atoms with Crippen LogP contribution in [0.15, 0.2) is 60.9 Å². The van der Waals surface area contributed by atoms with Gasteiger partial charge in [0.25, 0.3) is 5.91 Å². The molecule has 310 valence electrons. The highest BCUT2D eigenvalue weighted by atomic mass is 19.4. The Bertz CT molecular complexity index is 2090. The van der Waals surface area contributed by atoms with Gasteiger partial charge >= 0.3 is 6.18 Å². The van der Waals surface area contributed by atoms with Crippen LogP contribution in [0.1, 0.15) is 92.5 Å². The molecule has 3 amide bonds. The monoisotopic (exact) mass is 804 g/mol. The molecule has 0 saturated carbocycles. The Hall–Kier alpha value is -5.51. The fourth-order valence-electron chi connectivity index (χ4n) is 7.62. The maximum absolute atomic E-state index is 13.4. The van der Waals surface area contributed by atoms with E-state index in [0.29, 0.717) is 57.1 Å². The summed E-state index contributed by atoms with van der Waals surface area (Å²) >= 11 is 0. The predicted molar refractivity (Wildman–Crippen MR) is 213 cm³/mol. The van der Waals surface area contributed by atoms with Crippen LogP contribution in [0.25, 0.3) is 5.65 Å². The van der Waals surface area contributed by atoms with Crippen LogP contribution in [0.2, 0.25) is 0 Å². The highest BCUT2D eigenvalue weighted by Crippen LogP contribution is 2.36. The molecule has 13 nitrogen and oxygen atoms in total. The normalized spacial score (nSPS) is 16.9. The van der Waals surface area contributed by atoms with Gasteiger partial charge < -0.3 is 34.8 Å². The summed E-state index contributed by atoms with van der Waals surface area (Å²) in [7, 11) is 1.58. The van der Waals surface area contributed by atoms with E-state index in [9.17, 15) is 32.3 Å². The molecule has 1 unspecified atom stereocenters. The fraction of sp³-hybridized carbons (Fsp3) is 0.476. The third-order valence-corrected chi connectivity index (χ3v) is 11.1. The molecule has 2 aliphatic rings. The molecule has 0 spiro atoms. The number of ether oxygens (including phenoxy) is 1. The van der Waals surface area contributed by atoms with Crippen LogP contribution in [0, 0.1) is 0 Å². The average molecular weight is 805 g/mol. The fourth-order valence-corrected chi connectivity index (χ4v) is 7.62. The van der Waals surface area contributed by atoms with Gasteiger partial charge in [0.15, 0.2) is 0 Å². The summed E-state index contributed by atoms with van der Waals surface area (Å²) < 4.78 is 47.4. The lowest BCUT2D eigenvalue weighted by atomic mass is 9.78. The topological polar surface area (TPSA) is 150 Å². The van der Waals surface area contributed by atoms with Crippen molar-refractivity contribution in [3.63, 3.8) is 0 Å². The van der Waals surface area contributed by atoms with E-state index in [1.54, 1.807) is 23.7 Å². The molecular weight excluding hydrogens is 754 g/mol. The van der Waals surface area contributed by atoms with Crippen LogP contribution in [0.4, 0.5) is 24.7 Å². The highest BCUT2D eigenvalue weighted by Gasteiger charge is 2.36. The second-order valence-corrected chi connectivity index (χ2v) is 15.6. The smallest absolute Gasteiger partial charge is 0.433 e. The number of nitrogens with zero attached hydrogens (tertiary/aromatic N) is 5. The number of likely N-dealkylation sites (N-methyl/N-ethyl adjacent to an activating group) is 1. The lowest BCUT2D eigenvalue weighted by Gasteiger charge is -2.39. The number of carbonyl (C=O) groups excluding carboxylic acids is 4. The number of halogens is 3. The number of carbonyl (C=O) groups is 4. The summed E-state index contributed by atoms with van der Waals surface area (Å²) in [5.74, 6) is -0.372. The molecule has 0 aliphatic carbocycles. The molecule has 1 atom stereocenters. The second-order valence-electron chi connectivity index (χ2n) is 15.6. The number of pyridine rings is 2. The third-order valence-electron chi connectivity index (χ3n) is 11.1. The van der Waals surface area contributed by atoms with Crippen molar-refractivity contribution in [2.24, 2.45) is 0 Å². The molecule has 2 fully saturated rings. The van der Waals surface area contributed by atoms with Gasteiger partial charge in [0.2, 0.25) is 11.8 Å². The zero-order valence-electron chi connectivity index (χ0n) is 33.3. The summed E-state index contributed by atoms with van der Waals surface area (Å²) in [5, 5.41) is 8.34. The predicted octanol–water partition coefficient (Wildman–Crippen LogP) is 6.05. The average Bonchev–Trinajstić information content (AvgIpc) is 3.64. The molecule has 4 aromatic rings. The number of nitrogens with one attached hydrogen (secondary N) is 3. The van der Waals surface area contributed by atoms with Crippen LogP contribution >= 0.6 is 0 Å². The van der Waals surface area contributed by atoms with Gasteiger partial charge in [0, 0.05) is 56.1 Å². The Balaban J connectivity index is 1.03. The quantitative estimate of drug-likeness (QED) is 0.130. The standard InChI is InChI=1S/C42H51F3N8O5/c1-27(2)58-33-23-37-49-35(25-53(37)24-31(33)39(56)50-36-9-5-8-34(48-36)42(43,44)45)41(3)16-20-51(21-17-41)26-38(55)52-18-14-29(15-19-52)28-10-12-30(13-11-28)47-32(7-6-22-54)40(57)46-4/h5,8-13,22-25,27,29,32,47H,6-7,14-21,26H2,1-4H3,(H,46,57)(H,48,50,56). The lowest BCUT2D eigenvalue weighted by Crippen LogP contribution is -2.48. The molecule has 58 heavy (non-hydrogen) atoms. The van der Waals surface area contributed by atoms with Crippen molar-refractivity contribution in [3.8, 4) is 5.75 Å². The number of likely N-dealkylation sites (tertiary alicyclic amines) is 2. The first-order chi connectivity index (χ1) is 27.6. The Labute approximate surface area is 335 Å². The van der Waals surface area contributed by atoms with Gasteiger partial charge in [-0.1, -0.05) is 25.1 Å². The lowest BCUT2D eigenvalue weighted by molar-refractivity contribution is -0.141. The van der Waals surface area contributed by atoms with E-state index in [-0.39, 0.29) is 40.5 Å². The van der Waals surface area contributed by atoms with Crippen LogP contribution in [0.3, 0.4) is 0 Å². The summed E-state index contributed by atoms with van der Waals surface area (Å²) in [6.45, 7) is 8.90. The van der Waals surface area contributed by atoms with Crippen molar-refractivity contribution in [1.82, 2.24) is 29.5 Å². The van der Waals surface area contributed by atoms with Crippen molar-refractivity contribution in [3.05, 3.63) is 83.4 Å². The van der Waals surface area contributed by atoms with E-state index in [1.165, 1.54) is 17.7 Å². The van der Waals surface area contributed by atoms with Gasteiger partial charge in [-0.05, 0) is 94.8 Å². The number of rotatable bonds is 14. The van der Waals surface area contributed by atoms with E-state index in [2.05, 4.69) is 44.9 Å². The second kappa shape index (κ2) is 18.0. The third kappa shape index (κ3) is 10.1. The molecule has 1 aromatic carbocycles. The minimum absolute atomic E-state index is 0.119. The molecule has 5 heterocycles. The van der Waals surface area contributed by atoms with Crippen molar-refractivity contribution in [2.75, 3.05) is 50.4 Å². The number of benzene rings is 1. The summed E-state index contributed by atoms with van der Waals surface area (Å²) in [6, 6.07) is 12.5. The molecular formula is C42H51F3N8O5. The molecule has 6 rings (SSSR count). The number of alkyl halides is 3. The highest BCUT2D eigenvalue weighted by molar-refractivity contribution is 6.05. The van der Waals surface area contributed by atoms with Gasteiger partial charge in [-0.2, -0.15) is 13.2 Å². The van der Waals surface area contributed by atoms with Crippen LogP contribution < -0.4 is 20.7 Å².